The number of aliphatic hydroxyl groups excluding tert-OH is 4. The van der Waals surface area contributed by atoms with Crippen LogP contribution in [0.4, 0.5) is 0 Å². The summed E-state index contributed by atoms with van der Waals surface area (Å²) in [6.45, 7) is 0.559. The monoisotopic (exact) mass is 612 g/mol. The van der Waals surface area contributed by atoms with E-state index in [2.05, 4.69) is 0 Å². The van der Waals surface area contributed by atoms with Gasteiger partial charge >= 0.3 is 0 Å². The number of aliphatic hydroxyl groups is 4. The molecule has 4 aromatic rings. The molecule has 0 aliphatic heterocycles. The molecular formula is C28H32HfO4. The maximum absolute atomic E-state index is 8.54. The summed E-state index contributed by atoms with van der Waals surface area (Å²) in [5, 5.41) is 34.2. The molecule has 4 nitrogen and oxygen atoms in total. The van der Waals surface area contributed by atoms with Crippen molar-refractivity contribution >= 4 is 0 Å². The molecule has 4 rings (SSSR count). The van der Waals surface area contributed by atoms with E-state index in [0.717, 1.165) is 22.3 Å². The zero-order chi connectivity index (χ0) is 23.3. The molecule has 0 saturated heterocycles. The second-order valence-electron chi connectivity index (χ2n) is 6.57. The summed E-state index contributed by atoms with van der Waals surface area (Å²) in [7, 11) is 0. The second-order valence-corrected chi connectivity index (χ2v) is 6.57. The first kappa shape index (κ1) is 30.6. The number of rotatable bonds is 4. The fraction of sp³-hybridized carbons (Fsp3) is 0.143. The molecule has 0 saturated carbocycles. The van der Waals surface area contributed by atoms with Crippen LogP contribution < -0.4 is 0 Å². The van der Waals surface area contributed by atoms with E-state index in [1.54, 1.807) is 0 Å². The van der Waals surface area contributed by atoms with E-state index in [1.807, 2.05) is 121 Å². The average molecular weight is 611 g/mol. The molecular weight excluding hydrogens is 579 g/mol. The van der Waals surface area contributed by atoms with Gasteiger partial charge in [0.1, 0.15) is 0 Å². The minimum Gasteiger partial charge on any atom is -0.392 e. The van der Waals surface area contributed by atoms with Crippen LogP contribution in [-0.4, -0.2) is 20.4 Å². The summed E-state index contributed by atoms with van der Waals surface area (Å²) in [6, 6.07) is 38.1. The molecule has 172 valence electrons. The summed E-state index contributed by atoms with van der Waals surface area (Å²) >= 11 is 0. The Labute approximate surface area is 215 Å². The molecule has 0 atom stereocenters. The summed E-state index contributed by atoms with van der Waals surface area (Å²) in [4.78, 5) is 0. The first-order valence-electron chi connectivity index (χ1n) is 10.3. The van der Waals surface area contributed by atoms with Crippen LogP contribution in [0.5, 0.6) is 0 Å². The zero-order valence-electron chi connectivity index (χ0n) is 18.7. The van der Waals surface area contributed by atoms with Gasteiger partial charge in [0.2, 0.25) is 0 Å². The van der Waals surface area contributed by atoms with Crippen molar-refractivity contribution in [2.45, 2.75) is 26.4 Å². The van der Waals surface area contributed by atoms with Crippen molar-refractivity contribution < 1.29 is 46.3 Å². The van der Waals surface area contributed by atoms with Crippen molar-refractivity contribution in [1.29, 1.82) is 0 Å². The van der Waals surface area contributed by atoms with Crippen LogP contribution in [0, 0.1) is 0 Å². The van der Waals surface area contributed by atoms with Gasteiger partial charge in [-0.25, -0.2) is 0 Å². The van der Waals surface area contributed by atoms with Crippen LogP contribution in [0.1, 0.15) is 22.3 Å². The van der Waals surface area contributed by atoms with E-state index >= 15 is 0 Å². The van der Waals surface area contributed by atoms with E-state index in [0.29, 0.717) is 0 Å². The first-order chi connectivity index (χ1) is 15.7. The van der Waals surface area contributed by atoms with Gasteiger partial charge < -0.3 is 20.4 Å². The third kappa shape index (κ3) is 15.9. The molecule has 0 aliphatic rings. The fourth-order valence-electron chi connectivity index (χ4n) is 2.33. The van der Waals surface area contributed by atoms with Gasteiger partial charge in [0.05, 0.1) is 26.4 Å². The van der Waals surface area contributed by atoms with Crippen LogP contribution in [0.3, 0.4) is 0 Å². The first-order valence-corrected chi connectivity index (χ1v) is 10.3. The summed E-state index contributed by atoms with van der Waals surface area (Å²) in [5.74, 6) is 0. The standard InChI is InChI=1S/4C7H8O.Hf/c4*8-6-7-4-2-1-3-5-7;/h4*1-5,8H,6H2;. The van der Waals surface area contributed by atoms with Gasteiger partial charge in [0, 0.05) is 25.8 Å². The molecule has 5 heteroatoms. The van der Waals surface area contributed by atoms with Crippen molar-refractivity contribution in [2.24, 2.45) is 0 Å². The quantitative estimate of drug-likeness (QED) is 0.252. The Morgan fingerprint density at radius 3 is 0.545 bits per heavy atom. The minimum absolute atomic E-state index is 0. The topological polar surface area (TPSA) is 80.9 Å². The molecule has 33 heavy (non-hydrogen) atoms. The van der Waals surface area contributed by atoms with Crippen molar-refractivity contribution in [3.8, 4) is 0 Å². The molecule has 0 aliphatic carbocycles. The second kappa shape index (κ2) is 21.4. The van der Waals surface area contributed by atoms with Crippen LogP contribution in [0.15, 0.2) is 121 Å². The van der Waals surface area contributed by atoms with Gasteiger partial charge in [-0.15, -0.1) is 0 Å². The largest absolute Gasteiger partial charge is 0.392 e. The maximum Gasteiger partial charge on any atom is 0.0681 e. The predicted octanol–water partition coefficient (Wildman–Crippen LogP) is 4.71. The Bertz CT molecular complexity index is 747. The number of benzene rings is 4. The van der Waals surface area contributed by atoms with E-state index in [4.69, 9.17) is 20.4 Å². The molecule has 0 bridgehead atoms. The van der Waals surface area contributed by atoms with Gasteiger partial charge in [0.25, 0.3) is 0 Å². The van der Waals surface area contributed by atoms with E-state index in [-0.39, 0.29) is 52.3 Å². The fourth-order valence-corrected chi connectivity index (χ4v) is 2.33. The van der Waals surface area contributed by atoms with Gasteiger partial charge in [-0.3, -0.25) is 0 Å². The molecule has 0 amide bonds. The minimum atomic E-state index is 0. The SMILES string of the molecule is OCc1ccccc1.OCc1ccccc1.OCc1ccccc1.OCc1ccccc1.[Hf]. The Morgan fingerprint density at radius 1 is 0.303 bits per heavy atom. The van der Waals surface area contributed by atoms with Gasteiger partial charge in [0.15, 0.2) is 0 Å². The predicted molar refractivity (Wildman–Crippen MR) is 129 cm³/mol. The smallest absolute Gasteiger partial charge is 0.0681 e. The summed E-state index contributed by atoms with van der Waals surface area (Å²) in [6.07, 6.45) is 0. The van der Waals surface area contributed by atoms with Crippen molar-refractivity contribution in [1.82, 2.24) is 0 Å². The van der Waals surface area contributed by atoms with Crippen molar-refractivity contribution in [3.05, 3.63) is 144 Å². The molecule has 0 heterocycles. The normalized spacial score (nSPS) is 8.85. The summed E-state index contributed by atoms with van der Waals surface area (Å²) in [5.41, 5.74) is 3.86. The molecule has 0 radical (unpaired) electrons. The third-order valence-electron chi connectivity index (χ3n) is 4.10. The van der Waals surface area contributed by atoms with Gasteiger partial charge in [-0.2, -0.15) is 0 Å². The van der Waals surface area contributed by atoms with E-state index in [1.165, 1.54) is 0 Å². The maximum atomic E-state index is 8.54. The van der Waals surface area contributed by atoms with Crippen molar-refractivity contribution in [2.75, 3.05) is 0 Å². The molecule has 0 spiro atoms. The van der Waals surface area contributed by atoms with Crippen LogP contribution in [0.25, 0.3) is 0 Å². The Kier molecular flexibility index (Phi) is 19.9. The molecule has 0 fully saturated rings. The number of hydrogen-bond donors (Lipinski definition) is 4. The van der Waals surface area contributed by atoms with Gasteiger partial charge in [-0.1, -0.05) is 121 Å². The Morgan fingerprint density at radius 2 is 0.455 bits per heavy atom. The van der Waals surface area contributed by atoms with Crippen molar-refractivity contribution in [3.63, 3.8) is 0 Å². The van der Waals surface area contributed by atoms with Crippen LogP contribution in [-0.2, 0) is 52.3 Å². The summed E-state index contributed by atoms with van der Waals surface area (Å²) < 4.78 is 0. The molecule has 4 aromatic carbocycles. The Hall–Kier alpha value is -2.41. The van der Waals surface area contributed by atoms with Gasteiger partial charge in [-0.05, 0) is 22.3 Å². The van der Waals surface area contributed by atoms with Crippen LogP contribution in [0.2, 0.25) is 0 Å². The van der Waals surface area contributed by atoms with Crippen LogP contribution >= 0.6 is 0 Å². The zero-order valence-corrected chi connectivity index (χ0v) is 22.3. The van der Waals surface area contributed by atoms with E-state index < -0.39 is 0 Å². The van der Waals surface area contributed by atoms with E-state index in [9.17, 15) is 0 Å². The molecule has 4 N–H and O–H groups in total. The number of hydrogen-bond acceptors (Lipinski definition) is 4. The Balaban J connectivity index is 0.000000410. The average Bonchev–Trinajstić information content (AvgIpc) is 2.91. The molecule has 0 aromatic heterocycles. The third-order valence-corrected chi connectivity index (χ3v) is 4.10. The molecule has 0 unspecified atom stereocenters.